The number of benzene rings is 2. The van der Waals surface area contributed by atoms with Crippen molar-refractivity contribution < 1.29 is 37.6 Å². The van der Waals surface area contributed by atoms with Crippen LogP contribution in [-0.2, 0) is 9.53 Å². The van der Waals surface area contributed by atoms with Crippen molar-refractivity contribution in [1.29, 1.82) is 0 Å². The molecular formula is C18H13ClF2N2O7. The summed E-state index contributed by atoms with van der Waals surface area (Å²) in [5, 5.41) is 12.9. The van der Waals surface area contributed by atoms with Crippen LogP contribution in [0.4, 0.5) is 14.5 Å². The summed E-state index contributed by atoms with van der Waals surface area (Å²) in [6.45, 7) is -4.25. The fraction of sp³-hybridized carbons (Fsp3) is 0.167. The first-order valence-corrected chi connectivity index (χ1v) is 8.50. The summed E-state index contributed by atoms with van der Waals surface area (Å²) >= 11 is 5.72. The zero-order valence-corrected chi connectivity index (χ0v) is 15.7. The molecule has 0 aliphatic rings. The Labute approximate surface area is 172 Å². The van der Waals surface area contributed by atoms with E-state index >= 15 is 0 Å². The van der Waals surface area contributed by atoms with Crippen LogP contribution in [0.25, 0.3) is 0 Å². The highest BCUT2D eigenvalue weighted by Crippen LogP contribution is 2.20. The molecule has 30 heavy (non-hydrogen) atoms. The SMILES string of the molecule is O=C(CNC(=O)c1cc(Cl)cc([N+](=O)[O-])c1)OCC(=O)c1ccc(OC(F)F)cc1. The van der Waals surface area contributed by atoms with Crippen LogP contribution in [0, 0.1) is 10.1 Å². The highest BCUT2D eigenvalue weighted by molar-refractivity contribution is 6.31. The second-order valence-electron chi connectivity index (χ2n) is 5.62. The van der Waals surface area contributed by atoms with Crippen LogP contribution >= 0.6 is 11.6 Å². The van der Waals surface area contributed by atoms with Crippen molar-refractivity contribution in [3.05, 3.63) is 68.7 Å². The quantitative estimate of drug-likeness (QED) is 0.274. The van der Waals surface area contributed by atoms with Gasteiger partial charge in [-0.3, -0.25) is 24.5 Å². The monoisotopic (exact) mass is 442 g/mol. The number of esters is 1. The fourth-order valence-electron chi connectivity index (χ4n) is 2.17. The third-order valence-electron chi connectivity index (χ3n) is 3.51. The van der Waals surface area contributed by atoms with Crippen molar-refractivity contribution in [2.24, 2.45) is 0 Å². The molecule has 158 valence electrons. The second kappa shape index (κ2) is 10.3. The average molecular weight is 443 g/mol. The predicted octanol–water partition coefficient (Wildman–Crippen LogP) is 3.01. The summed E-state index contributed by atoms with van der Waals surface area (Å²) < 4.78 is 33.1. The number of halogens is 3. The molecule has 2 aromatic carbocycles. The molecule has 0 aliphatic carbocycles. The molecular weight excluding hydrogens is 430 g/mol. The summed E-state index contributed by atoms with van der Waals surface area (Å²) in [5.74, 6) is -2.49. The van der Waals surface area contributed by atoms with Crippen molar-refractivity contribution in [3.8, 4) is 5.75 Å². The average Bonchev–Trinajstić information content (AvgIpc) is 2.69. The van der Waals surface area contributed by atoms with Gasteiger partial charge < -0.3 is 14.8 Å². The number of hydrogen-bond donors (Lipinski definition) is 1. The summed E-state index contributed by atoms with van der Waals surface area (Å²) in [5.41, 5.74) is -0.435. The molecule has 1 N–H and O–H groups in total. The Bertz CT molecular complexity index is 968. The molecule has 0 unspecified atom stereocenters. The fourth-order valence-corrected chi connectivity index (χ4v) is 2.40. The minimum absolute atomic E-state index is 0.0347. The maximum Gasteiger partial charge on any atom is 0.387 e. The number of nitrogens with one attached hydrogen (secondary N) is 1. The number of carbonyl (C=O) groups is 3. The van der Waals surface area contributed by atoms with E-state index in [4.69, 9.17) is 16.3 Å². The number of nitrogens with zero attached hydrogens (tertiary/aromatic N) is 1. The van der Waals surface area contributed by atoms with E-state index < -0.39 is 48.0 Å². The maximum absolute atomic E-state index is 12.1. The number of alkyl halides is 2. The number of non-ortho nitro benzene ring substituents is 1. The molecule has 2 rings (SSSR count). The van der Waals surface area contributed by atoms with Crippen LogP contribution in [0.3, 0.4) is 0 Å². The summed E-state index contributed by atoms with van der Waals surface area (Å²) in [7, 11) is 0. The van der Waals surface area contributed by atoms with Gasteiger partial charge in [-0.2, -0.15) is 8.78 Å². The van der Waals surface area contributed by atoms with Crippen molar-refractivity contribution in [2.45, 2.75) is 6.61 Å². The molecule has 0 bridgehead atoms. The standard InChI is InChI=1S/C18H13ClF2N2O7/c19-12-5-11(6-13(7-12)23(27)28)17(26)22-8-16(25)29-9-15(24)10-1-3-14(4-2-10)30-18(20)21/h1-7,18H,8-9H2,(H,22,26). The molecule has 0 radical (unpaired) electrons. The highest BCUT2D eigenvalue weighted by Gasteiger charge is 2.16. The van der Waals surface area contributed by atoms with Crippen molar-refractivity contribution >= 4 is 34.9 Å². The Morgan fingerprint density at radius 1 is 1.10 bits per heavy atom. The van der Waals surface area contributed by atoms with E-state index in [2.05, 4.69) is 10.1 Å². The van der Waals surface area contributed by atoms with Gasteiger partial charge >= 0.3 is 12.6 Å². The highest BCUT2D eigenvalue weighted by atomic mass is 35.5. The zero-order valence-electron chi connectivity index (χ0n) is 15.0. The molecule has 0 aliphatic heterocycles. The summed E-state index contributed by atoms with van der Waals surface area (Å²) in [6, 6.07) is 7.99. The third-order valence-corrected chi connectivity index (χ3v) is 3.73. The van der Waals surface area contributed by atoms with Gasteiger partial charge in [0.05, 0.1) is 4.92 Å². The van der Waals surface area contributed by atoms with Gasteiger partial charge in [-0.15, -0.1) is 0 Å². The van der Waals surface area contributed by atoms with Crippen molar-refractivity contribution in [1.82, 2.24) is 5.32 Å². The Morgan fingerprint density at radius 2 is 1.77 bits per heavy atom. The van der Waals surface area contributed by atoms with E-state index in [1.165, 1.54) is 18.2 Å². The molecule has 0 saturated heterocycles. The van der Waals surface area contributed by atoms with Crippen LogP contribution in [0.2, 0.25) is 5.02 Å². The zero-order chi connectivity index (χ0) is 22.3. The smallest absolute Gasteiger partial charge is 0.387 e. The predicted molar refractivity (Wildman–Crippen MR) is 98.8 cm³/mol. The molecule has 9 nitrogen and oxygen atoms in total. The molecule has 2 aromatic rings. The molecule has 1 amide bonds. The maximum atomic E-state index is 12.1. The third kappa shape index (κ3) is 6.78. The molecule has 0 atom stereocenters. The van der Waals surface area contributed by atoms with Gasteiger partial charge in [0, 0.05) is 28.3 Å². The van der Waals surface area contributed by atoms with Gasteiger partial charge in [-0.1, -0.05) is 11.6 Å². The Morgan fingerprint density at radius 3 is 2.37 bits per heavy atom. The van der Waals surface area contributed by atoms with Crippen LogP contribution in [0.1, 0.15) is 20.7 Å². The summed E-state index contributed by atoms with van der Waals surface area (Å²) in [4.78, 5) is 45.7. The van der Waals surface area contributed by atoms with Gasteiger partial charge in [0.2, 0.25) is 0 Å². The summed E-state index contributed by atoms with van der Waals surface area (Å²) in [6.07, 6.45) is 0. The van der Waals surface area contributed by atoms with Crippen LogP contribution in [-0.4, -0.2) is 42.3 Å². The molecule has 0 fully saturated rings. The van der Waals surface area contributed by atoms with Gasteiger partial charge in [0.1, 0.15) is 12.3 Å². The van der Waals surface area contributed by atoms with Crippen molar-refractivity contribution in [2.75, 3.05) is 13.2 Å². The molecule has 0 saturated carbocycles. The molecule has 0 heterocycles. The second-order valence-corrected chi connectivity index (χ2v) is 6.06. The lowest BCUT2D eigenvalue weighted by Gasteiger charge is -2.08. The van der Waals surface area contributed by atoms with Gasteiger partial charge in [-0.25, -0.2) is 0 Å². The minimum Gasteiger partial charge on any atom is -0.456 e. The number of amides is 1. The van der Waals surface area contributed by atoms with E-state index in [0.717, 1.165) is 24.3 Å². The minimum atomic E-state index is -3.00. The number of hydrogen-bond acceptors (Lipinski definition) is 7. The van der Waals surface area contributed by atoms with E-state index in [9.17, 15) is 33.3 Å². The Kier molecular flexibility index (Phi) is 7.76. The number of rotatable bonds is 9. The van der Waals surface area contributed by atoms with E-state index in [0.29, 0.717) is 0 Å². The van der Waals surface area contributed by atoms with Crippen LogP contribution in [0.15, 0.2) is 42.5 Å². The molecule has 0 aromatic heterocycles. The largest absolute Gasteiger partial charge is 0.456 e. The first-order valence-electron chi connectivity index (χ1n) is 8.12. The van der Waals surface area contributed by atoms with Gasteiger partial charge in [0.15, 0.2) is 12.4 Å². The van der Waals surface area contributed by atoms with Gasteiger partial charge in [-0.05, 0) is 30.3 Å². The van der Waals surface area contributed by atoms with Gasteiger partial charge in [0.25, 0.3) is 11.6 Å². The van der Waals surface area contributed by atoms with E-state index in [-0.39, 0.29) is 21.9 Å². The normalized spacial score (nSPS) is 10.4. The Hall–Kier alpha value is -3.60. The number of nitro benzene ring substituents is 1. The number of Topliss-reactive ketones (excluding diaryl/α,β-unsaturated/α-hetero) is 1. The lowest BCUT2D eigenvalue weighted by Crippen LogP contribution is -2.31. The number of nitro groups is 1. The van der Waals surface area contributed by atoms with Crippen LogP contribution in [0.5, 0.6) is 5.75 Å². The number of ketones is 1. The first-order chi connectivity index (χ1) is 14.2. The lowest BCUT2D eigenvalue weighted by molar-refractivity contribution is -0.384. The molecule has 12 heteroatoms. The van der Waals surface area contributed by atoms with E-state index in [1.54, 1.807) is 0 Å². The van der Waals surface area contributed by atoms with Crippen molar-refractivity contribution in [3.63, 3.8) is 0 Å². The molecule has 0 spiro atoms. The van der Waals surface area contributed by atoms with Crippen LogP contribution < -0.4 is 10.1 Å². The topological polar surface area (TPSA) is 125 Å². The Balaban J connectivity index is 1.84. The van der Waals surface area contributed by atoms with E-state index in [1.807, 2.05) is 0 Å². The number of ether oxygens (including phenoxy) is 2. The first kappa shape index (κ1) is 22.7. The lowest BCUT2D eigenvalue weighted by atomic mass is 10.1. The number of carbonyl (C=O) groups excluding carboxylic acids is 3.